The quantitative estimate of drug-likeness (QED) is 0.475. The van der Waals surface area contributed by atoms with Crippen LogP contribution in [0.1, 0.15) is 12.8 Å². The average molecular weight is 254 g/mol. The van der Waals surface area contributed by atoms with E-state index in [0.717, 1.165) is 13.0 Å². The summed E-state index contributed by atoms with van der Waals surface area (Å²) in [6, 6.07) is 0.959. The molecule has 3 unspecified atom stereocenters. The molecule has 0 spiro atoms. The highest BCUT2D eigenvalue weighted by Gasteiger charge is 2.37. The van der Waals surface area contributed by atoms with Crippen molar-refractivity contribution in [3.8, 4) is 0 Å². The van der Waals surface area contributed by atoms with Crippen molar-refractivity contribution in [2.45, 2.75) is 31.2 Å². The van der Waals surface area contributed by atoms with Gasteiger partial charge in [0.2, 0.25) is 0 Å². The van der Waals surface area contributed by atoms with E-state index in [1.807, 2.05) is 3.11 Å². The highest BCUT2D eigenvalue weighted by Crippen LogP contribution is 2.26. The van der Waals surface area contributed by atoms with Gasteiger partial charge in [0, 0.05) is 41.5 Å². The minimum atomic E-state index is -0.264. The molecule has 3 atom stereocenters. The number of aliphatic hydroxyl groups excluding tert-OH is 1. The van der Waals surface area contributed by atoms with Crippen molar-refractivity contribution < 1.29 is 5.11 Å². The number of rotatable bonds is 0. The monoisotopic (exact) mass is 254 g/mol. The van der Waals surface area contributed by atoms with Crippen LogP contribution in [-0.2, 0) is 0 Å². The molecule has 2 fully saturated rings. The SMILES string of the molecule is OC1C2CCC(CN1I)N2. The van der Waals surface area contributed by atoms with Crippen LogP contribution in [0.25, 0.3) is 0 Å². The number of hydrogen-bond donors (Lipinski definition) is 2. The smallest absolute Gasteiger partial charge is 0.131 e. The predicted octanol–water partition coefficient (Wildman–Crippen LogP) is 0.0910. The third-order valence-electron chi connectivity index (χ3n) is 2.32. The van der Waals surface area contributed by atoms with Crippen LogP contribution in [0.2, 0.25) is 0 Å². The van der Waals surface area contributed by atoms with Crippen molar-refractivity contribution in [2.75, 3.05) is 6.54 Å². The summed E-state index contributed by atoms with van der Waals surface area (Å²) in [6.45, 7) is 0.984. The first-order chi connectivity index (χ1) is 4.77. The molecule has 0 radical (unpaired) electrons. The van der Waals surface area contributed by atoms with Crippen LogP contribution < -0.4 is 5.32 Å². The maximum Gasteiger partial charge on any atom is 0.131 e. The minimum absolute atomic E-state index is 0.264. The second-order valence-electron chi connectivity index (χ2n) is 3.04. The second kappa shape index (κ2) is 2.58. The minimum Gasteiger partial charge on any atom is -0.376 e. The highest BCUT2D eigenvalue weighted by molar-refractivity contribution is 14.1. The van der Waals surface area contributed by atoms with E-state index in [4.69, 9.17) is 0 Å². The van der Waals surface area contributed by atoms with Crippen molar-refractivity contribution in [3.05, 3.63) is 0 Å². The molecule has 3 nitrogen and oxygen atoms in total. The number of nitrogens with zero attached hydrogens (tertiary/aromatic N) is 1. The normalized spacial score (nSPS) is 48.0. The Bertz CT molecular complexity index is 144. The lowest BCUT2D eigenvalue weighted by molar-refractivity contribution is 0.0302. The van der Waals surface area contributed by atoms with E-state index in [9.17, 15) is 5.11 Å². The molecule has 10 heavy (non-hydrogen) atoms. The Morgan fingerprint density at radius 3 is 3.10 bits per heavy atom. The van der Waals surface area contributed by atoms with Crippen LogP contribution in [0.4, 0.5) is 0 Å². The van der Waals surface area contributed by atoms with Gasteiger partial charge in [-0.1, -0.05) is 0 Å². The number of nitrogens with one attached hydrogen (secondary N) is 1. The van der Waals surface area contributed by atoms with Crippen LogP contribution in [0.15, 0.2) is 0 Å². The van der Waals surface area contributed by atoms with E-state index in [2.05, 4.69) is 28.2 Å². The molecule has 0 aromatic heterocycles. The van der Waals surface area contributed by atoms with Gasteiger partial charge in [-0.2, -0.15) is 0 Å². The lowest BCUT2D eigenvalue weighted by Gasteiger charge is -2.33. The number of fused-ring (bicyclic) bond motifs is 2. The zero-order valence-electron chi connectivity index (χ0n) is 5.63. The zero-order valence-corrected chi connectivity index (χ0v) is 7.78. The van der Waals surface area contributed by atoms with Crippen LogP contribution in [-0.4, -0.2) is 33.1 Å². The molecule has 0 aromatic carbocycles. The summed E-state index contributed by atoms with van der Waals surface area (Å²) in [5, 5.41) is 12.9. The maximum absolute atomic E-state index is 9.52. The molecule has 0 amide bonds. The first-order valence-corrected chi connectivity index (χ1v) is 4.60. The molecule has 2 aliphatic heterocycles. The number of aliphatic hydroxyl groups is 1. The van der Waals surface area contributed by atoms with Crippen LogP contribution >= 0.6 is 22.9 Å². The first kappa shape index (κ1) is 7.27. The lowest BCUT2D eigenvalue weighted by atomic mass is 10.2. The van der Waals surface area contributed by atoms with E-state index in [1.54, 1.807) is 0 Å². The molecule has 4 heteroatoms. The van der Waals surface area contributed by atoms with E-state index < -0.39 is 0 Å². The number of halogens is 1. The van der Waals surface area contributed by atoms with Gasteiger partial charge < -0.3 is 10.4 Å². The summed E-state index contributed by atoms with van der Waals surface area (Å²) in [4.78, 5) is 0. The number of piperazine rings is 1. The van der Waals surface area contributed by atoms with Gasteiger partial charge in [-0.25, -0.2) is 3.11 Å². The molecule has 0 aromatic rings. The Hall–Kier alpha value is 0.610. The molecule has 2 N–H and O–H groups in total. The fraction of sp³-hybridized carbons (Fsp3) is 1.00. The van der Waals surface area contributed by atoms with Gasteiger partial charge in [-0.3, -0.25) is 0 Å². The molecule has 58 valence electrons. The second-order valence-corrected chi connectivity index (χ2v) is 4.28. The fourth-order valence-corrected chi connectivity index (χ4v) is 2.61. The Labute approximate surface area is 74.3 Å². The summed E-state index contributed by atoms with van der Waals surface area (Å²) in [6.07, 6.45) is 2.09. The third kappa shape index (κ3) is 1.07. The largest absolute Gasteiger partial charge is 0.376 e. The molecule has 2 bridgehead atoms. The third-order valence-corrected chi connectivity index (χ3v) is 3.28. The van der Waals surface area contributed by atoms with E-state index >= 15 is 0 Å². The predicted molar refractivity (Wildman–Crippen MR) is 46.7 cm³/mol. The van der Waals surface area contributed by atoms with Gasteiger partial charge in [0.05, 0.1) is 0 Å². The summed E-state index contributed by atoms with van der Waals surface area (Å²) < 4.78 is 2.00. The van der Waals surface area contributed by atoms with Gasteiger partial charge in [-0.05, 0) is 12.8 Å². The van der Waals surface area contributed by atoms with Gasteiger partial charge in [0.25, 0.3) is 0 Å². The van der Waals surface area contributed by atoms with Crippen molar-refractivity contribution in [1.29, 1.82) is 0 Å². The molecule has 2 heterocycles. The molecular formula is C6H11IN2O. The van der Waals surface area contributed by atoms with Crippen molar-refractivity contribution in [2.24, 2.45) is 0 Å². The molecule has 2 rings (SSSR count). The molecular weight excluding hydrogens is 243 g/mol. The molecule has 0 saturated carbocycles. The summed E-state index contributed by atoms with van der Waals surface area (Å²) in [5.74, 6) is 0. The number of hydrogen-bond acceptors (Lipinski definition) is 3. The van der Waals surface area contributed by atoms with Gasteiger partial charge in [0.1, 0.15) is 6.23 Å². The average Bonchev–Trinajstić information content (AvgIpc) is 2.29. The van der Waals surface area contributed by atoms with Crippen LogP contribution in [0, 0.1) is 0 Å². The van der Waals surface area contributed by atoms with Crippen molar-refractivity contribution >= 4 is 22.9 Å². The van der Waals surface area contributed by atoms with Gasteiger partial charge in [-0.15, -0.1) is 0 Å². The lowest BCUT2D eigenvalue weighted by Crippen LogP contribution is -2.53. The Morgan fingerprint density at radius 2 is 2.30 bits per heavy atom. The Kier molecular flexibility index (Phi) is 1.88. The van der Waals surface area contributed by atoms with E-state index in [0.29, 0.717) is 12.1 Å². The van der Waals surface area contributed by atoms with Crippen LogP contribution in [0.3, 0.4) is 0 Å². The first-order valence-electron chi connectivity index (χ1n) is 3.64. The zero-order chi connectivity index (χ0) is 7.14. The van der Waals surface area contributed by atoms with Gasteiger partial charge >= 0.3 is 0 Å². The molecule has 2 aliphatic rings. The standard InChI is InChI=1S/C6H11IN2O/c7-9-3-4-1-2-5(8-4)6(9)10/h4-6,8,10H,1-3H2. The fourth-order valence-electron chi connectivity index (χ4n) is 1.74. The maximum atomic E-state index is 9.52. The molecule has 0 aliphatic carbocycles. The summed E-state index contributed by atoms with van der Waals surface area (Å²) >= 11 is 2.20. The Morgan fingerprint density at radius 1 is 1.50 bits per heavy atom. The topological polar surface area (TPSA) is 35.5 Å². The van der Waals surface area contributed by atoms with Crippen LogP contribution in [0.5, 0.6) is 0 Å². The van der Waals surface area contributed by atoms with Gasteiger partial charge in [0.15, 0.2) is 0 Å². The van der Waals surface area contributed by atoms with E-state index in [1.165, 1.54) is 6.42 Å². The van der Waals surface area contributed by atoms with Crippen molar-refractivity contribution in [1.82, 2.24) is 8.43 Å². The summed E-state index contributed by atoms with van der Waals surface area (Å²) in [5.41, 5.74) is 0. The Balaban J connectivity index is 2.09. The summed E-state index contributed by atoms with van der Waals surface area (Å²) in [7, 11) is 0. The van der Waals surface area contributed by atoms with E-state index in [-0.39, 0.29) is 6.23 Å². The molecule has 2 saturated heterocycles. The highest BCUT2D eigenvalue weighted by atomic mass is 127. The van der Waals surface area contributed by atoms with Crippen molar-refractivity contribution in [3.63, 3.8) is 0 Å².